The highest BCUT2D eigenvalue weighted by molar-refractivity contribution is 6.09. The fourth-order valence-corrected chi connectivity index (χ4v) is 2.02. The second kappa shape index (κ2) is 3.10. The summed E-state index contributed by atoms with van der Waals surface area (Å²) in [6.07, 6.45) is 2.30. The minimum absolute atomic E-state index is 0.0272. The molecule has 1 N–H and O–H groups in total. The molecule has 1 amide bonds. The molecule has 2 aliphatic heterocycles. The number of carbonyl (C=O) groups is 1. The van der Waals surface area contributed by atoms with Gasteiger partial charge >= 0.3 is 0 Å². The average Bonchev–Trinajstić information content (AvgIpc) is 2.70. The van der Waals surface area contributed by atoms with Gasteiger partial charge in [0.1, 0.15) is 0 Å². The zero-order chi connectivity index (χ0) is 9.42. The van der Waals surface area contributed by atoms with Gasteiger partial charge in [-0.15, -0.1) is 0 Å². The van der Waals surface area contributed by atoms with Crippen molar-refractivity contribution >= 4 is 11.6 Å². The van der Waals surface area contributed by atoms with E-state index in [1.807, 2.05) is 6.92 Å². The van der Waals surface area contributed by atoms with Crippen LogP contribution in [0.3, 0.4) is 0 Å². The fourth-order valence-electron chi connectivity index (χ4n) is 2.02. The summed E-state index contributed by atoms with van der Waals surface area (Å²) < 4.78 is 0. The largest absolute Gasteiger partial charge is 0.309 e. The first-order valence-electron chi connectivity index (χ1n) is 4.79. The molecule has 0 aromatic heterocycles. The lowest BCUT2D eigenvalue weighted by Gasteiger charge is -2.11. The van der Waals surface area contributed by atoms with Crippen molar-refractivity contribution in [1.29, 1.82) is 0 Å². The summed E-state index contributed by atoms with van der Waals surface area (Å²) in [7, 11) is 1.72. The maximum Gasteiger partial charge on any atom is 0.251 e. The summed E-state index contributed by atoms with van der Waals surface area (Å²) in [6.45, 7) is 2.99. The Morgan fingerprint density at radius 2 is 2.38 bits per heavy atom. The molecular weight excluding hydrogens is 166 g/mol. The second-order valence-corrected chi connectivity index (χ2v) is 3.76. The summed E-state index contributed by atoms with van der Waals surface area (Å²) in [6, 6.07) is 0.337. The zero-order valence-electron chi connectivity index (χ0n) is 8.08. The van der Waals surface area contributed by atoms with Crippen molar-refractivity contribution in [2.45, 2.75) is 25.8 Å². The normalized spacial score (nSPS) is 34.2. The summed E-state index contributed by atoms with van der Waals surface area (Å²) in [4.78, 5) is 11.5. The monoisotopic (exact) mass is 181 g/mol. The summed E-state index contributed by atoms with van der Waals surface area (Å²) in [5.41, 5.74) is 1.02. The molecule has 0 aliphatic carbocycles. The molecule has 2 atom stereocenters. The van der Waals surface area contributed by atoms with Gasteiger partial charge in [-0.3, -0.25) is 4.79 Å². The van der Waals surface area contributed by atoms with E-state index in [9.17, 15) is 4.79 Å². The third-order valence-corrected chi connectivity index (χ3v) is 2.82. The Hall–Kier alpha value is -0.900. The van der Waals surface area contributed by atoms with Gasteiger partial charge in [0.05, 0.1) is 11.6 Å². The van der Waals surface area contributed by atoms with Crippen LogP contribution in [0.15, 0.2) is 5.10 Å². The lowest BCUT2D eigenvalue weighted by Crippen LogP contribution is -2.35. The molecule has 4 nitrogen and oxygen atoms in total. The number of hydrogen-bond donors (Lipinski definition) is 1. The molecule has 4 heteroatoms. The lowest BCUT2D eigenvalue weighted by atomic mass is 9.98. The van der Waals surface area contributed by atoms with E-state index in [4.69, 9.17) is 0 Å². The van der Waals surface area contributed by atoms with Gasteiger partial charge in [-0.2, -0.15) is 5.10 Å². The van der Waals surface area contributed by atoms with Crippen LogP contribution < -0.4 is 5.32 Å². The van der Waals surface area contributed by atoms with Crippen LogP contribution in [0.2, 0.25) is 0 Å². The van der Waals surface area contributed by atoms with Gasteiger partial charge in [0.25, 0.3) is 5.91 Å². The zero-order valence-corrected chi connectivity index (χ0v) is 8.08. The topological polar surface area (TPSA) is 44.7 Å². The Kier molecular flexibility index (Phi) is 2.07. The predicted molar refractivity (Wildman–Crippen MR) is 50.4 cm³/mol. The smallest absolute Gasteiger partial charge is 0.251 e. The van der Waals surface area contributed by atoms with E-state index in [1.165, 1.54) is 11.4 Å². The number of amides is 1. The van der Waals surface area contributed by atoms with Crippen molar-refractivity contribution in [2.24, 2.45) is 11.0 Å². The summed E-state index contributed by atoms with van der Waals surface area (Å²) >= 11 is 0. The highest BCUT2D eigenvalue weighted by Gasteiger charge is 2.35. The van der Waals surface area contributed by atoms with Crippen molar-refractivity contribution in [3.8, 4) is 0 Å². The fraction of sp³-hybridized carbons (Fsp3) is 0.778. The Labute approximate surface area is 78.0 Å². The van der Waals surface area contributed by atoms with Crippen LogP contribution in [0, 0.1) is 5.92 Å². The van der Waals surface area contributed by atoms with E-state index in [1.54, 1.807) is 7.05 Å². The molecule has 13 heavy (non-hydrogen) atoms. The standard InChI is InChI=1S/C9H15N3O/c1-6-8(7-4-3-5-10-7)11-12(2)9(6)13/h6-7,10H,3-5H2,1-2H3/t6?,7-/m0/s1. The number of hydrogen-bond acceptors (Lipinski definition) is 3. The number of nitrogens with zero attached hydrogens (tertiary/aromatic N) is 2. The van der Waals surface area contributed by atoms with Gasteiger partial charge in [0.15, 0.2) is 0 Å². The van der Waals surface area contributed by atoms with Crippen molar-refractivity contribution in [1.82, 2.24) is 10.3 Å². The molecule has 0 bridgehead atoms. The van der Waals surface area contributed by atoms with Crippen LogP contribution in [0.5, 0.6) is 0 Å². The van der Waals surface area contributed by atoms with Crippen molar-refractivity contribution < 1.29 is 4.79 Å². The van der Waals surface area contributed by atoms with Crippen LogP contribution in [0.1, 0.15) is 19.8 Å². The predicted octanol–water partition coefficient (Wildman–Crippen LogP) is 0.202. The maximum absolute atomic E-state index is 11.5. The Bertz CT molecular complexity index is 256. The maximum atomic E-state index is 11.5. The van der Waals surface area contributed by atoms with Gasteiger partial charge in [-0.05, 0) is 26.3 Å². The van der Waals surface area contributed by atoms with E-state index in [-0.39, 0.29) is 11.8 Å². The van der Waals surface area contributed by atoms with E-state index in [2.05, 4.69) is 10.4 Å². The van der Waals surface area contributed by atoms with Gasteiger partial charge in [0, 0.05) is 13.1 Å². The van der Waals surface area contributed by atoms with E-state index < -0.39 is 0 Å². The Morgan fingerprint density at radius 3 is 2.85 bits per heavy atom. The minimum Gasteiger partial charge on any atom is -0.309 e. The van der Waals surface area contributed by atoms with Crippen LogP contribution in [-0.4, -0.2) is 36.3 Å². The summed E-state index contributed by atoms with van der Waals surface area (Å²) in [5, 5.41) is 9.09. The van der Waals surface area contributed by atoms with Crippen molar-refractivity contribution in [2.75, 3.05) is 13.6 Å². The van der Waals surface area contributed by atoms with Gasteiger partial charge < -0.3 is 5.32 Å². The van der Waals surface area contributed by atoms with Crippen LogP contribution in [0.4, 0.5) is 0 Å². The molecule has 1 fully saturated rings. The van der Waals surface area contributed by atoms with Crippen LogP contribution in [0.25, 0.3) is 0 Å². The Balaban J connectivity index is 2.14. The third-order valence-electron chi connectivity index (χ3n) is 2.82. The molecule has 0 radical (unpaired) electrons. The van der Waals surface area contributed by atoms with Crippen molar-refractivity contribution in [3.05, 3.63) is 0 Å². The molecule has 0 aromatic rings. The lowest BCUT2D eigenvalue weighted by molar-refractivity contribution is -0.130. The average molecular weight is 181 g/mol. The molecule has 72 valence electrons. The van der Waals surface area contributed by atoms with Crippen LogP contribution >= 0.6 is 0 Å². The molecule has 0 spiro atoms. The molecule has 1 unspecified atom stereocenters. The molecule has 2 heterocycles. The number of nitrogens with one attached hydrogen (secondary N) is 1. The SMILES string of the molecule is CC1C(=O)N(C)N=C1[C@@H]1CCCN1. The number of hydrazone groups is 1. The van der Waals surface area contributed by atoms with E-state index >= 15 is 0 Å². The van der Waals surface area contributed by atoms with Crippen LogP contribution in [-0.2, 0) is 4.79 Å². The molecule has 1 saturated heterocycles. The Morgan fingerprint density at radius 1 is 1.62 bits per heavy atom. The molecule has 0 aromatic carbocycles. The highest BCUT2D eigenvalue weighted by atomic mass is 16.2. The summed E-state index contributed by atoms with van der Waals surface area (Å²) in [5.74, 6) is 0.0873. The van der Waals surface area contributed by atoms with Gasteiger partial charge in [0.2, 0.25) is 0 Å². The number of rotatable bonds is 1. The van der Waals surface area contributed by atoms with Gasteiger partial charge in [-0.1, -0.05) is 0 Å². The third kappa shape index (κ3) is 1.35. The molecule has 2 aliphatic rings. The molecule has 0 saturated carbocycles. The van der Waals surface area contributed by atoms with Crippen molar-refractivity contribution in [3.63, 3.8) is 0 Å². The van der Waals surface area contributed by atoms with Gasteiger partial charge in [-0.25, -0.2) is 5.01 Å². The highest BCUT2D eigenvalue weighted by Crippen LogP contribution is 2.20. The second-order valence-electron chi connectivity index (χ2n) is 3.76. The first kappa shape index (κ1) is 8.69. The molecule has 2 rings (SSSR count). The first-order valence-corrected chi connectivity index (χ1v) is 4.79. The van der Waals surface area contributed by atoms with E-state index in [0.717, 1.165) is 18.7 Å². The first-order chi connectivity index (χ1) is 6.20. The minimum atomic E-state index is -0.0272. The number of carbonyl (C=O) groups excluding carboxylic acids is 1. The molecular formula is C9H15N3O. The van der Waals surface area contributed by atoms with E-state index in [0.29, 0.717) is 6.04 Å². The quantitative estimate of drug-likeness (QED) is 0.628.